The maximum absolute atomic E-state index is 4.95. The Morgan fingerprint density at radius 3 is 1.52 bits per heavy atom. The van der Waals surface area contributed by atoms with Crippen LogP contribution in [0, 0.1) is 0 Å². The second-order valence-electron chi connectivity index (χ2n) is 12.7. The van der Waals surface area contributed by atoms with Gasteiger partial charge in [-0.25, -0.2) is 4.98 Å². The number of pyridine rings is 3. The van der Waals surface area contributed by atoms with Crippen molar-refractivity contribution in [3.05, 3.63) is 176 Å². The van der Waals surface area contributed by atoms with Gasteiger partial charge in [0.15, 0.2) is 0 Å². The SMILES string of the molecule is c1ccc(-c2c3c(c(-c4ccccc4)c4ccccc24)-c2ccc(-c4ccnc(-c5cccc(-c6ccccn6)n5)c4)c4cccc-3c24)cc1. The van der Waals surface area contributed by atoms with E-state index in [1.165, 1.54) is 71.6 Å². The summed E-state index contributed by atoms with van der Waals surface area (Å²) in [6.07, 6.45) is 3.69. The van der Waals surface area contributed by atoms with E-state index in [0.29, 0.717) is 0 Å². The molecule has 0 aliphatic heterocycles. The van der Waals surface area contributed by atoms with Gasteiger partial charge in [0, 0.05) is 12.4 Å². The number of benzene rings is 6. The predicted octanol–water partition coefficient (Wildman–Crippen LogP) is 12.2. The second kappa shape index (κ2) is 11.5. The summed E-state index contributed by atoms with van der Waals surface area (Å²) in [4.78, 5) is 14.2. The largest absolute Gasteiger partial charge is 0.255 e. The van der Waals surface area contributed by atoms with Gasteiger partial charge in [0.05, 0.1) is 22.8 Å². The first-order valence-electron chi connectivity index (χ1n) is 16.9. The highest BCUT2D eigenvalue weighted by atomic mass is 14.8. The molecule has 0 atom stereocenters. The molecule has 0 N–H and O–H groups in total. The number of fused-ring (bicyclic) bond motifs is 4. The van der Waals surface area contributed by atoms with E-state index in [4.69, 9.17) is 9.97 Å². The van der Waals surface area contributed by atoms with E-state index in [1.807, 2.05) is 42.6 Å². The monoisotopic (exact) mass is 635 g/mol. The number of aromatic nitrogens is 3. The van der Waals surface area contributed by atoms with Gasteiger partial charge in [-0.1, -0.05) is 127 Å². The molecular weight excluding hydrogens is 607 g/mol. The number of hydrogen-bond acceptors (Lipinski definition) is 3. The molecule has 10 rings (SSSR count). The third kappa shape index (κ3) is 4.41. The summed E-state index contributed by atoms with van der Waals surface area (Å²) in [5.74, 6) is 0. The zero-order valence-electron chi connectivity index (χ0n) is 27.1. The molecule has 6 aromatic carbocycles. The van der Waals surface area contributed by atoms with Crippen molar-refractivity contribution >= 4 is 21.5 Å². The van der Waals surface area contributed by atoms with Gasteiger partial charge >= 0.3 is 0 Å². The van der Waals surface area contributed by atoms with Crippen LogP contribution in [0.5, 0.6) is 0 Å². The van der Waals surface area contributed by atoms with Crippen molar-refractivity contribution < 1.29 is 0 Å². The van der Waals surface area contributed by atoms with Gasteiger partial charge in [0.25, 0.3) is 0 Å². The minimum absolute atomic E-state index is 0.819. The van der Waals surface area contributed by atoms with E-state index >= 15 is 0 Å². The molecule has 3 heterocycles. The molecule has 0 saturated carbocycles. The van der Waals surface area contributed by atoms with Crippen molar-refractivity contribution in [2.24, 2.45) is 0 Å². The lowest BCUT2D eigenvalue weighted by Gasteiger charge is -2.20. The Morgan fingerprint density at radius 2 is 0.840 bits per heavy atom. The maximum atomic E-state index is 4.95. The molecule has 0 unspecified atom stereocenters. The average Bonchev–Trinajstić information content (AvgIpc) is 3.53. The summed E-state index contributed by atoms with van der Waals surface area (Å²) in [5.41, 5.74) is 15.8. The Bertz CT molecular complexity index is 2640. The molecule has 0 bridgehead atoms. The highest BCUT2D eigenvalue weighted by Gasteiger charge is 2.31. The Hall–Kier alpha value is -6.71. The van der Waals surface area contributed by atoms with E-state index in [1.54, 1.807) is 6.20 Å². The number of nitrogens with zero attached hydrogens (tertiary/aromatic N) is 3. The van der Waals surface area contributed by atoms with Crippen LogP contribution in [0.25, 0.3) is 100.0 Å². The van der Waals surface area contributed by atoms with Crippen LogP contribution in [0.3, 0.4) is 0 Å². The first-order chi connectivity index (χ1) is 24.8. The third-order valence-electron chi connectivity index (χ3n) is 9.93. The lowest BCUT2D eigenvalue weighted by Crippen LogP contribution is -1.93. The standard InChI is InChI=1S/C47H29N3/c1-3-13-30(14-4-1)43-35-17-7-8-18-36(35)44(31-15-5-2-6-16-31)47-38-25-24-33(34-19-11-20-37(45(34)38)46(43)47)32-26-28-49-42(29-32)41-23-12-22-40(50-41)39-21-9-10-27-48-39/h1-29H. The Labute approximate surface area is 290 Å². The molecule has 0 spiro atoms. The smallest absolute Gasteiger partial charge is 0.0894 e. The zero-order chi connectivity index (χ0) is 33.0. The summed E-state index contributed by atoms with van der Waals surface area (Å²) < 4.78 is 0. The van der Waals surface area contributed by atoms with E-state index in [-0.39, 0.29) is 0 Å². The Kier molecular flexibility index (Phi) is 6.49. The van der Waals surface area contributed by atoms with Gasteiger partial charge in [-0.2, -0.15) is 0 Å². The molecule has 0 fully saturated rings. The summed E-state index contributed by atoms with van der Waals surface area (Å²) in [6.45, 7) is 0. The van der Waals surface area contributed by atoms with Gasteiger partial charge in [-0.3, -0.25) is 9.97 Å². The van der Waals surface area contributed by atoms with Crippen molar-refractivity contribution in [1.82, 2.24) is 15.0 Å². The van der Waals surface area contributed by atoms with E-state index in [0.717, 1.165) is 28.3 Å². The molecule has 0 radical (unpaired) electrons. The summed E-state index contributed by atoms with van der Waals surface area (Å²) in [5, 5.41) is 5.05. The van der Waals surface area contributed by atoms with Crippen LogP contribution >= 0.6 is 0 Å². The molecule has 3 nitrogen and oxygen atoms in total. The van der Waals surface area contributed by atoms with E-state index in [2.05, 4.69) is 132 Å². The molecule has 0 saturated heterocycles. The summed E-state index contributed by atoms with van der Waals surface area (Å²) >= 11 is 0. The molecule has 9 aromatic rings. The highest BCUT2D eigenvalue weighted by Crippen LogP contribution is 2.58. The van der Waals surface area contributed by atoms with Gasteiger partial charge in [0.1, 0.15) is 0 Å². The molecule has 232 valence electrons. The maximum Gasteiger partial charge on any atom is 0.0894 e. The lowest BCUT2D eigenvalue weighted by molar-refractivity contribution is 1.22. The molecule has 3 aromatic heterocycles. The van der Waals surface area contributed by atoms with Crippen LogP contribution in [0.1, 0.15) is 0 Å². The molecule has 3 heteroatoms. The predicted molar refractivity (Wildman–Crippen MR) is 206 cm³/mol. The van der Waals surface area contributed by atoms with Crippen molar-refractivity contribution in [3.8, 4) is 78.4 Å². The highest BCUT2D eigenvalue weighted by molar-refractivity contribution is 6.28. The third-order valence-corrected chi connectivity index (χ3v) is 9.93. The second-order valence-corrected chi connectivity index (χ2v) is 12.7. The Morgan fingerprint density at radius 1 is 0.300 bits per heavy atom. The minimum Gasteiger partial charge on any atom is -0.255 e. The molecule has 0 amide bonds. The van der Waals surface area contributed by atoms with Crippen LogP contribution in [-0.2, 0) is 0 Å². The van der Waals surface area contributed by atoms with Gasteiger partial charge in [-0.05, 0) is 114 Å². The molecular formula is C47H29N3. The van der Waals surface area contributed by atoms with Crippen molar-refractivity contribution in [2.75, 3.05) is 0 Å². The quantitative estimate of drug-likeness (QED) is 0.189. The fourth-order valence-corrected chi connectivity index (χ4v) is 7.83. The Balaban J connectivity index is 1.22. The summed E-state index contributed by atoms with van der Waals surface area (Å²) in [6, 6.07) is 58.3. The van der Waals surface area contributed by atoms with Gasteiger partial charge in [0.2, 0.25) is 0 Å². The normalized spacial score (nSPS) is 11.6. The van der Waals surface area contributed by atoms with Gasteiger partial charge < -0.3 is 0 Å². The van der Waals surface area contributed by atoms with E-state index < -0.39 is 0 Å². The lowest BCUT2D eigenvalue weighted by atomic mass is 9.82. The molecule has 50 heavy (non-hydrogen) atoms. The fourth-order valence-electron chi connectivity index (χ4n) is 7.83. The first-order valence-corrected chi connectivity index (χ1v) is 16.9. The van der Waals surface area contributed by atoms with Crippen LogP contribution in [-0.4, -0.2) is 15.0 Å². The van der Waals surface area contributed by atoms with Crippen molar-refractivity contribution in [3.63, 3.8) is 0 Å². The van der Waals surface area contributed by atoms with Crippen LogP contribution in [0.2, 0.25) is 0 Å². The average molecular weight is 636 g/mol. The number of hydrogen-bond donors (Lipinski definition) is 0. The molecule has 1 aliphatic carbocycles. The van der Waals surface area contributed by atoms with Crippen LogP contribution in [0.15, 0.2) is 176 Å². The van der Waals surface area contributed by atoms with Gasteiger partial charge in [-0.15, -0.1) is 0 Å². The fraction of sp³-hybridized carbons (Fsp3) is 0. The first kappa shape index (κ1) is 28.3. The zero-order valence-corrected chi connectivity index (χ0v) is 27.1. The van der Waals surface area contributed by atoms with Crippen molar-refractivity contribution in [1.29, 1.82) is 0 Å². The van der Waals surface area contributed by atoms with Crippen LogP contribution < -0.4 is 0 Å². The minimum atomic E-state index is 0.819. The summed E-state index contributed by atoms with van der Waals surface area (Å²) in [7, 11) is 0. The van der Waals surface area contributed by atoms with E-state index in [9.17, 15) is 0 Å². The van der Waals surface area contributed by atoms with Crippen molar-refractivity contribution in [2.45, 2.75) is 0 Å². The molecule has 1 aliphatic rings. The number of rotatable bonds is 5. The topological polar surface area (TPSA) is 38.7 Å². The van der Waals surface area contributed by atoms with Crippen LogP contribution in [0.4, 0.5) is 0 Å².